The summed E-state index contributed by atoms with van der Waals surface area (Å²) in [5.74, 6) is 5.02. The smallest absolute Gasteiger partial charge is 0.351 e. The fraction of sp³-hybridized carbons (Fsp3) is 0.571. The van der Waals surface area contributed by atoms with E-state index >= 15 is 0 Å². The van der Waals surface area contributed by atoms with Crippen LogP contribution in [0.4, 0.5) is 5.82 Å². The zero-order valence-electron chi connectivity index (χ0n) is 12.5. The van der Waals surface area contributed by atoms with Crippen LogP contribution < -0.4 is 11.4 Å². The van der Waals surface area contributed by atoms with Crippen LogP contribution >= 0.6 is 0 Å². The van der Waals surface area contributed by atoms with E-state index in [1.54, 1.807) is 6.92 Å². The zero-order chi connectivity index (χ0) is 16.7. The van der Waals surface area contributed by atoms with Crippen LogP contribution in [0.25, 0.3) is 0 Å². The van der Waals surface area contributed by atoms with Gasteiger partial charge < -0.3 is 25.8 Å². The summed E-state index contributed by atoms with van der Waals surface area (Å²) >= 11 is 0. The van der Waals surface area contributed by atoms with Gasteiger partial charge in [0.05, 0.1) is 6.10 Å². The van der Waals surface area contributed by atoms with E-state index in [1.165, 1.54) is 19.9 Å². The van der Waals surface area contributed by atoms with Crippen LogP contribution in [-0.2, 0) is 4.74 Å². The van der Waals surface area contributed by atoms with E-state index in [0.717, 1.165) is 4.57 Å². The molecule has 1 aromatic rings. The van der Waals surface area contributed by atoms with Crippen LogP contribution in [0.5, 0.6) is 0 Å². The third kappa shape index (κ3) is 2.48. The van der Waals surface area contributed by atoms with E-state index in [-0.39, 0.29) is 5.82 Å². The van der Waals surface area contributed by atoms with Gasteiger partial charge in [-0.25, -0.2) is 4.79 Å². The molecule has 0 saturated carbocycles. The van der Waals surface area contributed by atoms with Crippen LogP contribution in [0.3, 0.4) is 0 Å². The van der Waals surface area contributed by atoms with Crippen molar-refractivity contribution in [2.45, 2.75) is 50.9 Å². The second-order valence-electron chi connectivity index (χ2n) is 5.31. The number of nitrogen functional groups attached to an aromatic ring is 1. The van der Waals surface area contributed by atoms with Gasteiger partial charge in [0.15, 0.2) is 11.8 Å². The molecule has 0 radical (unpaired) electrons. The van der Waals surface area contributed by atoms with Crippen molar-refractivity contribution in [3.63, 3.8) is 0 Å². The molecule has 1 saturated heterocycles. The third-order valence-electron chi connectivity index (χ3n) is 3.63. The molecule has 5 atom stereocenters. The largest absolute Gasteiger partial charge is 0.391 e. The highest BCUT2D eigenvalue weighted by molar-refractivity contribution is 5.30. The van der Waals surface area contributed by atoms with Crippen molar-refractivity contribution in [1.82, 2.24) is 9.55 Å². The Bertz CT molecular complexity index is 690. The predicted octanol–water partition coefficient (Wildman–Crippen LogP) is -1.47. The Balaban J connectivity index is 2.62. The molecule has 0 spiro atoms. The van der Waals surface area contributed by atoms with Gasteiger partial charge >= 0.3 is 5.69 Å². The molecule has 1 fully saturated rings. The molecule has 0 aliphatic carbocycles. The van der Waals surface area contributed by atoms with E-state index in [0.29, 0.717) is 5.69 Å². The number of aromatic nitrogens is 2. The van der Waals surface area contributed by atoms with E-state index in [2.05, 4.69) is 16.8 Å². The normalized spacial score (nSPS) is 32.4. The van der Waals surface area contributed by atoms with Gasteiger partial charge in [0.2, 0.25) is 0 Å². The fourth-order valence-corrected chi connectivity index (χ4v) is 2.61. The van der Waals surface area contributed by atoms with Crippen molar-refractivity contribution in [3.05, 3.63) is 22.2 Å². The average Bonchev–Trinajstić information content (AvgIpc) is 2.63. The molecule has 120 valence electrons. The highest BCUT2D eigenvalue weighted by atomic mass is 16.6. The van der Waals surface area contributed by atoms with E-state index in [4.69, 9.17) is 10.5 Å². The number of nitrogens with zero attached hydrogens (tertiary/aromatic N) is 2. The van der Waals surface area contributed by atoms with Crippen LogP contribution in [-0.4, -0.2) is 48.8 Å². The van der Waals surface area contributed by atoms with Crippen molar-refractivity contribution in [3.8, 4) is 11.8 Å². The van der Waals surface area contributed by atoms with Crippen molar-refractivity contribution in [2.24, 2.45) is 0 Å². The van der Waals surface area contributed by atoms with Gasteiger partial charge in [-0.3, -0.25) is 4.57 Å². The second kappa shape index (κ2) is 5.70. The van der Waals surface area contributed by atoms with Crippen molar-refractivity contribution >= 4 is 5.82 Å². The SMILES string of the molecule is CC#C[C@@]1(O)C(O)[C@@H]([C@H](C)O)O[C@H]1n1c(C)cc(N)nc1=O. The Morgan fingerprint density at radius 2 is 2.23 bits per heavy atom. The molecular formula is C14H19N3O5. The number of rotatable bonds is 2. The second-order valence-corrected chi connectivity index (χ2v) is 5.31. The number of anilines is 1. The lowest BCUT2D eigenvalue weighted by atomic mass is 9.92. The quantitative estimate of drug-likeness (QED) is 0.490. The molecule has 22 heavy (non-hydrogen) atoms. The standard InChI is InChI=1S/C14H19N3O5/c1-4-5-14(21)11(19)10(8(3)18)22-12(14)17-7(2)6-9(15)16-13(17)20/h6,8,10-12,18-19,21H,1-3H3,(H2,15,16,20)/t8-,10+,11?,12+,14+/m0/s1. The number of aryl methyl sites for hydroxylation is 1. The number of aliphatic hydroxyl groups is 3. The van der Waals surface area contributed by atoms with E-state index in [9.17, 15) is 20.1 Å². The Labute approximate surface area is 127 Å². The van der Waals surface area contributed by atoms with Gasteiger partial charge in [-0.05, 0) is 26.8 Å². The summed E-state index contributed by atoms with van der Waals surface area (Å²) in [5.41, 5.74) is 3.11. The molecule has 2 heterocycles. The minimum Gasteiger partial charge on any atom is -0.391 e. The fourth-order valence-electron chi connectivity index (χ4n) is 2.61. The summed E-state index contributed by atoms with van der Waals surface area (Å²) in [6.07, 6.45) is -4.97. The zero-order valence-corrected chi connectivity index (χ0v) is 12.5. The van der Waals surface area contributed by atoms with Crippen molar-refractivity contribution in [1.29, 1.82) is 0 Å². The summed E-state index contributed by atoms with van der Waals surface area (Å²) < 4.78 is 6.58. The minimum absolute atomic E-state index is 0.0366. The Kier molecular flexibility index (Phi) is 4.26. The maximum absolute atomic E-state index is 12.1. The molecule has 8 heteroatoms. The number of ether oxygens (including phenoxy) is 1. The molecule has 1 aliphatic heterocycles. The molecular weight excluding hydrogens is 290 g/mol. The van der Waals surface area contributed by atoms with Crippen LogP contribution in [0.15, 0.2) is 10.9 Å². The van der Waals surface area contributed by atoms with Crippen LogP contribution in [0, 0.1) is 18.8 Å². The Hall–Kier alpha value is -1.92. The Morgan fingerprint density at radius 3 is 2.73 bits per heavy atom. The first kappa shape index (κ1) is 16.5. The lowest BCUT2D eigenvalue weighted by Crippen LogP contribution is -2.49. The van der Waals surface area contributed by atoms with Gasteiger partial charge in [-0.1, -0.05) is 5.92 Å². The van der Waals surface area contributed by atoms with Gasteiger partial charge in [-0.15, -0.1) is 5.92 Å². The number of hydrogen-bond donors (Lipinski definition) is 4. The first-order valence-corrected chi connectivity index (χ1v) is 6.76. The summed E-state index contributed by atoms with van der Waals surface area (Å²) in [7, 11) is 0. The highest BCUT2D eigenvalue weighted by Gasteiger charge is 2.57. The number of hydrogen-bond acceptors (Lipinski definition) is 7. The molecule has 2 rings (SSSR count). The first-order chi connectivity index (χ1) is 10.2. The molecule has 0 amide bonds. The lowest BCUT2D eigenvalue weighted by Gasteiger charge is -2.27. The minimum atomic E-state index is -2.05. The highest BCUT2D eigenvalue weighted by Crippen LogP contribution is 2.39. The lowest BCUT2D eigenvalue weighted by molar-refractivity contribution is -0.0891. The van der Waals surface area contributed by atoms with Gasteiger partial charge in [0, 0.05) is 5.69 Å². The van der Waals surface area contributed by atoms with Gasteiger partial charge in [0.1, 0.15) is 18.0 Å². The summed E-state index contributed by atoms with van der Waals surface area (Å²) in [4.78, 5) is 15.7. The van der Waals surface area contributed by atoms with E-state index in [1.807, 2.05) is 0 Å². The molecule has 1 aliphatic rings. The summed E-state index contributed by atoms with van der Waals surface area (Å²) in [6.45, 7) is 4.48. The Morgan fingerprint density at radius 1 is 1.59 bits per heavy atom. The third-order valence-corrected chi connectivity index (χ3v) is 3.63. The number of aliphatic hydroxyl groups excluding tert-OH is 2. The molecule has 0 bridgehead atoms. The number of nitrogens with two attached hydrogens (primary N) is 1. The maximum atomic E-state index is 12.1. The summed E-state index contributed by atoms with van der Waals surface area (Å²) in [6, 6.07) is 1.44. The molecule has 0 aromatic carbocycles. The van der Waals surface area contributed by atoms with Crippen molar-refractivity contribution < 1.29 is 20.1 Å². The maximum Gasteiger partial charge on any atom is 0.351 e. The average molecular weight is 309 g/mol. The molecule has 8 nitrogen and oxygen atoms in total. The predicted molar refractivity (Wildman–Crippen MR) is 77.6 cm³/mol. The van der Waals surface area contributed by atoms with Gasteiger partial charge in [0.25, 0.3) is 0 Å². The monoisotopic (exact) mass is 309 g/mol. The van der Waals surface area contributed by atoms with Crippen LogP contribution in [0.2, 0.25) is 0 Å². The van der Waals surface area contributed by atoms with Gasteiger partial charge in [-0.2, -0.15) is 4.98 Å². The molecule has 1 unspecified atom stereocenters. The summed E-state index contributed by atoms with van der Waals surface area (Å²) in [5, 5.41) is 30.7. The first-order valence-electron chi connectivity index (χ1n) is 6.76. The molecule has 1 aromatic heterocycles. The topological polar surface area (TPSA) is 131 Å². The molecule has 5 N–H and O–H groups in total. The van der Waals surface area contributed by atoms with E-state index < -0.39 is 35.8 Å². The van der Waals surface area contributed by atoms with Crippen molar-refractivity contribution in [2.75, 3.05) is 5.73 Å². The van der Waals surface area contributed by atoms with Crippen LogP contribution in [0.1, 0.15) is 25.8 Å².